The van der Waals surface area contributed by atoms with Crippen LogP contribution in [0.15, 0.2) is 0 Å². The Morgan fingerprint density at radius 1 is 1.75 bits per heavy atom. The van der Waals surface area contributed by atoms with Crippen LogP contribution in [-0.2, 0) is 4.79 Å². The number of β-lactam (4-membered cyclic amide) rings is 1. The van der Waals surface area contributed by atoms with E-state index in [0.29, 0.717) is 0 Å². The molecule has 0 aromatic heterocycles. The molecule has 1 heterocycles. The van der Waals surface area contributed by atoms with E-state index in [9.17, 15) is 9.59 Å². The average molecular weight is 172 g/mol. The van der Waals surface area contributed by atoms with Crippen LogP contribution < -0.4 is 10.6 Å². The molecule has 68 valence electrons. The third-order valence-electron chi connectivity index (χ3n) is 2.22. The fourth-order valence-corrected chi connectivity index (χ4v) is 1.10. The van der Waals surface area contributed by atoms with Gasteiger partial charge in [0.05, 0.1) is 11.5 Å². The Hall–Kier alpha value is -1.26. The lowest BCUT2D eigenvalue weighted by atomic mass is 9.76. The van der Waals surface area contributed by atoms with Gasteiger partial charge in [-0.25, -0.2) is 4.79 Å². The van der Waals surface area contributed by atoms with Gasteiger partial charge in [-0.05, 0) is 13.8 Å². The second-order valence-electron chi connectivity index (χ2n) is 3.43. The quantitative estimate of drug-likeness (QED) is 0.504. The molecule has 3 N–H and O–H groups in total. The van der Waals surface area contributed by atoms with Crippen LogP contribution in [0.4, 0.5) is 4.79 Å². The zero-order valence-corrected chi connectivity index (χ0v) is 7.05. The maximum Gasteiger partial charge on any atom is 0.404 e. The van der Waals surface area contributed by atoms with Crippen molar-refractivity contribution < 1.29 is 14.7 Å². The third-order valence-corrected chi connectivity index (χ3v) is 2.22. The Labute approximate surface area is 70.1 Å². The van der Waals surface area contributed by atoms with Crippen molar-refractivity contribution in [2.45, 2.75) is 19.9 Å². The molecule has 5 heteroatoms. The van der Waals surface area contributed by atoms with Crippen LogP contribution in [0, 0.1) is 5.41 Å². The lowest BCUT2D eigenvalue weighted by Gasteiger charge is -2.43. The first kappa shape index (κ1) is 8.83. The van der Waals surface area contributed by atoms with Gasteiger partial charge in [-0.15, -0.1) is 0 Å². The molecule has 12 heavy (non-hydrogen) atoms. The summed E-state index contributed by atoms with van der Waals surface area (Å²) in [6.45, 7) is 3.86. The molecule has 0 spiro atoms. The molecule has 0 radical (unpaired) electrons. The summed E-state index contributed by atoms with van der Waals surface area (Å²) < 4.78 is 0. The van der Waals surface area contributed by atoms with Crippen LogP contribution in [0.2, 0.25) is 0 Å². The number of hydrogen-bond acceptors (Lipinski definition) is 2. The van der Waals surface area contributed by atoms with E-state index in [1.165, 1.54) is 0 Å². The second kappa shape index (κ2) is 2.66. The summed E-state index contributed by atoms with van der Waals surface area (Å²) in [5.41, 5.74) is -0.442. The van der Waals surface area contributed by atoms with Crippen LogP contribution in [0.1, 0.15) is 13.8 Å². The molecule has 0 aromatic rings. The molecule has 2 amide bonds. The predicted octanol–water partition coefficient (Wildman–Crippen LogP) is -0.221. The maximum absolute atomic E-state index is 10.9. The highest BCUT2D eigenvalue weighted by Crippen LogP contribution is 2.28. The Balaban J connectivity index is 2.37. The summed E-state index contributed by atoms with van der Waals surface area (Å²) in [5, 5.41) is 13.1. The fraction of sp³-hybridized carbons (Fsp3) is 0.714. The van der Waals surface area contributed by atoms with Gasteiger partial charge in [-0.1, -0.05) is 0 Å². The fourth-order valence-electron chi connectivity index (χ4n) is 1.10. The first-order valence-electron chi connectivity index (χ1n) is 3.72. The molecule has 1 rings (SSSR count). The zero-order chi connectivity index (χ0) is 9.35. The van der Waals surface area contributed by atoms with Gasteiger partial charge < -0.3 is 15.7 Å². The van der Waals surface area contributed by atoms with E-state index in [1.54, 1.807) is 13.8 Å². The third kappa shape index (κ3) is 1.34. The van der Waals surface area contributed by atoms with Crippen LogP contribution in [0.3, 0.4) is 0 Å². The first-order valence-corrected chi connectivity index (χ1v) is 3.72. The molecule has 0 saturated carbocycles. The van der Waals surface area contributed by atoms with Crippen molar-refractivity contribution in [3.8, 4) is 0 Å². The van der Waals surface area contributed by atoms with Gasteiger partial charge in [0.15, 0.2) is 0 Å². The largest absolute Gasteiger partial charge is 0.465 e. The smallest absolute Gasteiger partial charge is 0.404 e. The van der Waals surface area contributed by atoms with Crippen molar-refractivity contribution in [1.82, 2.24) is 10.6 Å². The minimum Gasteiger partial charge on any atom is -0.465 e. The van der Waals surface area contributed by atoms with Gasteiger partial charge in [-0.2, -0.15) is 0 Å². The van der Waals surface area contributed by atoms with Gasteiger partial charge in [0, 0.05) is 6.54 Å². The number of carboxylic acid groups (broad SMARTS) is 1. The van der Waals surface area contributed by atoms with E-state index in [0.717, 1.165) is 0 Å². The van der Waals surface area contributed by atoms with E-state index in [2.05, 4.69) is 10.6 Å². The normalized spacial score (nSPS) is 25.5. The van der Waals surface area contributed by atoms with Crippen molar-refractivity contribution in [2.75, 3.05) is 6.54 Å². The number of carbonyl (C=O) groups is 2. The van der Waals surface area contributed by atoms with Gasteiger partial charge in [-0.3, -0.25) is 4.79 Å². The highest BCUT2D eigenvalue weighted by molar-refractivity contribution is 5.89. The summed E-state index contributed by atoms with van der Waals surface area (Å²) in [5.74, 6) is -0.0281. The molecule has 0 aromatic carbocycles. The van der Waals surface area contributed by atoms with Gasteiger partial charge in [0.25, 0.3) is 0 Å². The van der Waals surface area contributed by atoms with Crippen molar-refractivity contribution in [3.63, 3.8) is 0 Å². The molecule has 1 unspecified atom stereocenters. The van der Waals surface area contributed by atoms with Crippen molar-refractivity contribution in [2.24, 2.45) is 5.41 Å². The Kier molecular flexibility index (Phi) is 1.95. The minimum absolute atomic E-state index is 0.0281. The number of amides is 2. The Morgan fingerprint density at radius 2 is 2.33 bits per heavy atom. The zero-order valence-electron chi connectivity index (χ0n) is 7.05. The standard InChI is InChI=1S/C7H12N2O3/c1-7(2)4(9-5(7)10)3-8-6(11)12/h4,8H,3H2,1-2H3,(H,9,10)(H,11,12). The van der Waals surface area contributed by atoms with E-state index < -0.39 is 11.5 Å². The lowest BCUT2D eigenvalue weighted by molar-refractivity contribution is -0.142. The van der Waals surface area contributed by atoms with Crippen molar-refractivity contribution >= 4 is 12.0 Å². The van der Waals surface area contributed by atoms with Gasteiger partial charge in [0.1, 0.15) is 0 Å². The Bertz CT molecular complexity index is 225. The van der Waals surface area contributed by atoms with Crippen molar-refractivity contribution in [3.05, 3.63) is 0 Å². The summed E-state index contributed by atoms with van der Waals surface area (Å²) in [6, 6.07) is -0.0823. The summed E-state index contributed by atoms with van der Waals surface area (Å²) in [4.78, 5) is 21.0. The Morgan fingerprint density at radius 3 is 2.67 bits per heavy atom. The molecule has 0 aliphatic carbocycles. The molecule has 5 nitrogen and oxygen atoms in total. The lowest BCUT2D eigenvalue weighted by Crippen LogP contribution is -2.67. The molecule has 1 fully saturated rings. The summed E-state index contributed by atoms with van der Waals surface area (Å²) in [6.07, 6.45) is -1.06. The molecule has 1 saturated heterocycles. The van der Waals surface area contributed by atoms with E-state index in [-0.39, 0.29) is 18.5 Å². The predicted molar refractivity (Wildman–Crippen MR) is 41.7 cm³/mol. The monoisotopic (exact) mass is 172 g/mol. The van der Waals surface area contributed by atoms with Gasteiger partial charge in [0.2, 0.25) is 5.91 Å². The number of carbonyl (C=O) groups excluding carboxylic acids is 1. The molecular formula is C7H12N2O3. The van der Waals surface area contributed by atoms with Crippen LogP contribution in [0.25, 0.3) is 0 Å². The molecule has 1 atom stereocenters. The minimum atomic E-state index is -1.06. The molecule has 1 aliphatic rings. The highest BCUT2D eigenvalue weighted by Gasteiger charge is 2.46. The number of rotatable bonds is 2. The average Bonchev–Trinajstić information content (AvgIpc) is 1.97. The number of nitrogens with one attached hydrogen (secondary N) is 2. The van der Waals surface area contributed by atoms with E-state index in [4.69, 9.17) is 5.11 Å². The topological polar surface area (TPSA) is 78.4 Å². The van der Waals surface area contributed by atoms with Gasteiger partial charge >= 0.3 is 6.09 Å². The SMILES string of the molecule is CC1(C)C(=O)NC1CNC(=O)O. The van der Waals surface area contributed by atoms with Crippen LogP contribution in [-0.4, -0.2) is 29.7 Å². The van der Waals surface area contributed by atoms with Crippen LogP contribution >= 0.6 is 0 Å². The van der Waals surface area contributed by atoms with Crippen molar-refractivity contribution in [1.29, 1.82) is 0 Å². The summed E-state index contributed by atoms with van der Waals surface area (Å²) in [7, 11) is 0. The first-order chi connectivity index (χ1) is 5.44. The second-order valence-corrected chi connectivity index (χ2v) is 3.43. The highest BCUT2D eigenvalue weighted by atomic mass is 16.4. The van der Waals surface area contributed by atoms with E-state index in [1.807, 2.05) is 0 Å². The van der Waals surface area contributed by atoms with Crippen LogP contribution in [0.5, 0.6) is 0 Å². The number of hydrogen-bond donors (Lipinski definition) is 3. The van der Waals surface area contributed by atoms with E-state index >= 15 is 0 Å². The molecule has 1 aliphatic heterocycles. The molecule has 0 bridgehead atoms. The summed E-state index contributed by atoms with van der Waals surface area (Å²) >= 11 is 0. The maximum atomic E-state index is 10.9. The molecular weight excluding hydrogens is 160 g/mol.